The largest absolute Gasteiger partial charge is 0.496 e. The molecule has 8 nitrogen and oxygen atoms in total. The first-order chi connectivity index (χ1) is 14.0. The van der Waals surface area contributed by atoms with Gasteiger partial charge in [0.2, 0.25) is 0 Å². The molecule has 9 heteroatoms. The van der Waals surface area contributed by atoms with Gasteiger partial charge in [-0.05, 0) is 36.4 Å². The van der Waals surface area contributed by atoms with Crippen LogP contribution in [0.15, 0.2) is 42.5 Å². The molecule has 2 amide bonds. The molecule has 0 heterocycles. The monoisotopic (exact) mass is 404 g/mol. The molecule has 0 aromatic heterocycles. The molecule has 0 unspecified atom stereocenters. The fraction of sp³-hybridized carbons (Fsp3) is 0.200. The van der Waals surface area contributed by atoms with Crippen molar-refractivity contribution in [1.82, 2.24) is 10.9 Å². The number of hydrogen-bond acceptors (Lipinski definition) is 6. The van der Waals surface area contributed by atoms with E-state index in [-0.39, 0.29) is 6.61 Å². The van der Waals surface area contributed by atoms with Gasteiger partial charge in [-0.3, -0.25) is 20.4 Å². The molecule has 0 aliphatic rings. The molecule has 29 heavy (non-hydrogen) atoms. The van der Waals surface area contributed by atoms with Crippen molar-refractivity contribution >= 4 is 17.9 Å². The molecule has 2 aromatic carbocycles. The van der Waals surface area contributed by atoms with Crippen LogP contribution in [0.2, 0.25) is 0 Å². The number of hydrogen-bond donors (Lipinski definition) is 2. The Morgan fingerprint density at radius 3 is 2.17 bits per heavy atom. The Kier molecular flexibility index (Phi) is 7.84. The molecular weight excluding hydrogens is 383 g/mol. The summed E-state index contributed by atoms with van der Waals surface area (Å²) in [6.07, 6.45) is 2.71. The Labute approximate surface area is 167 Å². The molecule has 0 atom stereocenters. The summed E-state index contributed by atoms with van der Waals surface area (Å²) >= 11 is 0. The second-order valence-corrected chi connectivity index (χ2v) is 5.56. The van der Waals surface area contributed by atoms with Gasteiger partial charge in [-0.1, -0.05) is 0 Å². The number of hydrazine groups is 1. The first-order valence-electron chi connectivity index (χ1n) is 8.42. The first-order valence-corrected chi connectivity index (χ1v) is 8.42. The number of nitrogens with one attached hydrogen (secondary N) is 2. The number of amides is 2. The van der Waals surface area contributed by atoms with E-state index in [2.05, 4.69) is 10.9 Å². The maximum Gasteiger partial charge on any atom is 0.276 e. The molecule has 0 spiro atoms. The van der Waals surface area contributed by atoms with Crippen molar-refractivity contribution in [2.45, 2.75) is 0 Å². The molecule has 0 aliphatic carbocycles. The van der Waals surface area contributed by atoms with E-state index in [1.807, 2.05) is 0 Å². The van der Waals surface area contributed by atoms with Crippen molar-refractivity contribution in [2.75, 3.05) is 27.9 Å². The third-order valence-electron chi connectivity index (χ3n) is 3.66. The lowest BCUT2D eigenvalue weighted by Crippen LogP contribution is -2.43. The van der Waals surface area contributed by atoms with Crippen molar-refractivity contribution in [1.29, 1.82) is 0 Å². The number of benzene rings is 2. The topological polar surface area (TPSA) is 95.1 Å². The van der Waals surface area contributed by atoms with Gasteiger partial charge in [-0.25, -0.2) is 4.39 Å². The van der Waals surface area contributed by atoms with Crippen molar-refractivity contribution in [3.8, 4) is 23.0 Å². The maximum atomic E-state index is 12.8. The van der Waals surface area contributed by atoms with Gasteiger partial charge in [0.25, 0.3) is 11.8 Å². The van der Waals surface area contributed by atoms with Gasteiger partial charge in [-0.2, -0.15) is 0 Å². The number of methoxy groups -OCH3 is 3. The third-order valence-corrected chi connectivity index (χ3v) is 3.66. The van der Waals surface area contributed by atoms with Crippen LogP contribution in [0.3, 0.4) is 0 Å². The molecule has 0 bridgehead atoms. The van der Waals surface area contributed by atoms with E-state index in [9.17, 15) is 14.0 Å². The van der Waals surface area contributed by atoms with Gasteiger partial charge in [-0.15, -0.1) is 0 Å². The summed E-state index contributed by atoms with van der Waals surface area (Å²) in [4.78, 5) is 23.6. The van der Waals surface area contributed by atoms with Crippen molar-refractivity contribution < 1.29 is 32.9 Å². The highest BCUT2D eigenvalue weighted by Gasteiger charge is 2.10. The Morgan fingerprint density at radius 2 is 1.55 bits per heavy atom. The molecule has 0 fully saturated rings. The molecule has 2 N–H and O–H groups in total. The highest BCUT2D eigenvalue weighted by Crippen LogP contribution is 2.35. The Balaban J connectivity index is 1.89. The SMILES string of the molecule is COc1cc(OC)c(OC)cc1/C=C/C(=O)NNC(=O)COc1ccc(F)cc1. The van der Waals surface area contributed by atoms with Crippen LogP contribution in [0, 0.1) is 5.82 Å². The summed E-state index contributed by atoms with van der Waals surface area (Å²) in [5, 5.41) is 0. The van der Waals surface area contributed by atoms with Crippen LogP contribution in [-0.4, -0.2) is 39.8 Å². The van der Waals surface area contributed by atoms with Gasteiger partial charge < -0.3 is 18.9 Å². The minimum absolute atomic E-state index is 0.327. The van der Waals surface area contributed by atoms with Gasteiger partial charge in [0, 0.05) is 17.7 Å². The van der Waals surface area contributed by atoms with Gasteiger partial charge in [0.15, 0.2) is 18.1 Å². The van der Waals surface area contributed by atoms with E-state index in [1.54, 1.807) is 12.1 Å². The van der Waals surface area contributed by atoms with E-state index >= 15 is 0 Å². The number of ether oxygens (including phenoxy) is 4. The van der Waals surface area contributed by atoms with Crippen LogP contribution in [0.25, 0.3) is 6.08 Å². The van der Waals surface area contributed by atoms with Gasteiger partial charge >= 0.3 is 0 Å². The zero-order chi connectivity index (χ0) is 21.2. The molecule has 2 aromatic rings. The van der Waals surface area contributed by atoms with Crippen LogP contribution in [0.1, 0.15) is 5.56 Å². The summed E-state index contributed by atoms with van der Waals surface area (Å²) in [6.45, 7) is -0.348. The second kappa shape index (κ2) is 10.5. The summed E-state index contributed by atoms with van der Waals surface area (Å²) in [5.74, 6) is 0.194. The van der Waals surface area contributed by atoms with Crippen LogP contribution < -0.4 is 29.8 Å². The van der Waals surface area contributed by atoms with Gasteiger partial charge in [0.1, 0.15) is 17.3 Å². The van der Waals surface area contributed by atoms with Crippen LogP contribution in [0.5, 0.6) is 23.0 Å². The quantitative estimate of drug-likeness (QED) is 0.517. The van der Waals surface area contributed by atoms with Crippen LogP contribution in [-0.2, 0) is 9.59 Å². The van der Waals surface area contributed by atoms with Crippen molar-refractivity contribution in [3.63, 3.8) is 0 Å². The molecule has 0 radical (unpaired) electrons. The molecule has 154 valence electrons. The average Bonchev–Trinajstić information content (AvgIpc) is 2.75. The minimum Gasteiger partial charge on any atom is -0.496 e. The van der Waals surface area contributed by atoms with Crippen LogP contribution in [0.4, 0.5) is 4.39 Å². The molecule has 0 aliphatic heterocycles. The molecule has 2 rings (SSSR count). The predicted octanol–water partition coefficient (Wildman–Crippen LogP) is 2.09. The lowest BCUT2D eigenvalue weighted by atomic mass is 10.1. The first kappa shape index (κ1) is 21.5. The van der Waals surface area contributed by atoms with E-state index in [0.29, 0.717) is 28.6 Å². The lowest BCUT2D eigenvalue weighted by molar-refractivity contribution is -0.128. The Hall–Kier alpha value is -3.75. The smallest absolute Gasteiger partial charge is 0.276 e. The van der Waals surface area contributed by atoms with Gasteiger partial charge in [0.05, 0.1) is 21.3 Å². The number of halogens is 1. The van der Waals surface area contributed by atoms with E-state index in [0.717, 1.165) is 0 Å². The highest BCUT2D eigenvalue weighted by molar-refractivity contribution is 5.93. The fourth-order valence-electron chi connectivity index (χ4n) is 2.24. The Bertz CT molecular complexity index is 883. The molecule has 0 saturated carbocycles. The summed E-state index contributed by atoms with van der Waals surface area (Å²) in [6, 6.07) is 8.48. The zero-order valence-electron chi connectivity index (χ0n) is 16.2. The zero-order valence-corrected chi connectivity index (χ0v) is 16.2. The van der Waals surface area contributed by atoms with Crippen LogP contribution >= 0.6 is 0 Å². The maximum absolute atomic E-state index is 12.8. The Morgan fingerprint density at radius 1 is 0.931 bits per heavy atom. The lowest BCUT2D eigenvalue weighted by Gasteiger charge is -2.12. The second-order valence-electron chi connectivity index (χ2n) is 5.56. The summed E-state index contributed by atoms with van der Waals surface area (Å²) in [5.41, 5.74) is 5.00. The third kappa shape index (κ3) is 6.42. The van der Waals surface area contributed by atoms with E-state index < -0.39 is 17.6 Å². The minimum atomic E-state index is -0.584. The normalized spacial score (nSPS) is 10.3. The highest BCUT2D eigenvalue weighted by atomic mass is 19.1. The fourth-order valence-corrected chi connectivity index (χ4v) is 2.24. The number of carbonyl (C=O) groups excluding carboxylic acids is 2. The molecular formula is C20H21FN2O6. The van der Waals surface area contributed by atoms with E-state index in [1.165, 1.54) is 57.7 Å². The van der Waals surface area contributed by atoms with Crippen molar-refractivity contribution in [2.24, 2.45) is 0 Å². The average molecular weight is 404 g/mol. The number of carbonyl (C=O) groups is 2. The number of rotatable bonds is 8. The molecule has 0 saturated heterocycles. The predicted molar refractivity (Wildman–Crippen MR) is 103 cm³/mol. The summed E-state index contributed by atoms with van der Waals surface area (Å²) in [7, 11) is 4.48. The van der Waals surface area contributed by atoms with Crippen molar-refractivity contribution in [3.05, 3.63) is 53.9 Å². The standard InChI is InChI=1S/C20H21FN2O6/c1-26-16-11-18(28-3)17(27-2)10-13(16)4-9-19(24)22-23-20(25)12-29-15-7-5-14(21)6-8-15/h4-11H,12H2,1-3H3,(H,22,24)(H,23,25)/b9-4+. The summed E-state index contributed by atoms with van der Waals surface area (Å²) < 4.78 is 33.7. The van der Waals surface area contributed by atoms with E-state index in [4.69, 9.17) is 18.9 Å².